The van der Waals surface area contributed by atoms with E-state index < -0.39 is 0 Å². The van der Waals surface area contributed by atoms with E-state index in [1.807, 2.05) is 0 Å². The first kappa shape index (κ1) is 23.6. The summed E-state index contributed by atoms with van der Waals surface area (Å²) >= 11 is 0. The van der Waals surface area contributed by atoms with Gasteiger partial charge in [0, 0.05) is 29.0 Å². The van der Waals surface area contributed by atoms with E-state index in [0.29, 0.717) is 0 Å². The molecule has 184 valence electrons. The molecule has 1 aliphatic heterocycles. The Morgan fingerprint density at radius 2 is 1.46 bits per heavy atom. The summed E-state index contributed by atoms with van der Waals surface area (Å²) in [5.74, 6) is 0. The van der Waals surface area contributed by atoms with Gasteiger partial charge in [-0.3, -0.25) is 0 Å². The predicted molar refractivity (Wildman–Crippen MR) is 159 cm³/mol. The molecule has 1 atom stereocenters. The van der Waals surface area contributed by atoms with Crippen LogP contribution in [0.1, 0.15) is 49.9 Å². The van der Waals surface area contributed by atoms with Gasteiger partial charge in [0.15, 0.2) is 0 Å². The van der Waals surface area contributed by atoms with Crippen molar-refractivity contribution in [3.05, 3.63) is 143 Å². The van der Waals surface area contributed by atoms with Crippen LogP contribution >= 0.6 is 0 Å². The maximum Gasteiger partial charge on any atom is 0.0527 e. The molecule has 6 rings (SSSR count). The van der Waals surface area contributed by atoms with Crippen LogP contribution in [0.15, 0.2) is 120 Å². The molecule has 0 fully saturated rings. The van der Waals surface area contributed by atoms with Gasteiger partial charge in [0.25, 0.3) is 0 Å². The van der Waals surface area contributed by atoms with Gasteiger partial charge >= 0.3 is 0 Å². The van der Waals surface area contributed by atoms with Gasteiger partial charge in [-0.05, 0) is 58.2 Å². The topological polar surface area (TPSA) is 3.24 Å². The molecule has 0 N–H and O–H groups in total. The second kappa shape index (κ2) is 8.63. The molecule has 0 bridgehead atoms. The lowest BCUT2D eigenvalue weighted by molar-refractivity contribution is 0.577. The molecule has 1 aliphatic carbocycles. The highest BCUT2D eigenvalue weighted by Gasteiger charge is 2.40. The number of anilines is 1. The minimum atomic E-state index is -0.0622. The first-order chi connectivity index (χ1) is 17.8. The Balaban J connectivity index is 1.41. The van der Waals surface area contributed by atoms with Crippen LogP contribution < -0.4 is 4.90 Å². The molecule has 1 unspecified atom stereocenters. The molecule has 4 aromatic carbocycles. The van der Waals surface area contributed by atoms with E-state index in [1.54, 1.807) is 0 Å². The standard InChI is InChI=1S/C36H35N/c1-25-28-17-11-12-19-31(28)36(4,24-26-14-7-6-8-15-26)30(25)20-13-21-33-35(2,3)32-23-22-27-16-9-10-18-29(27)34(32)37(33)5/h6-23H,24H2,1-5H3/b20-13+,33-21+. The first-order valence-corrected chi connectivity index (χ1v) is 13.3. The lowest BCUT2D eigenvalue weighted by Gasteiger charge is -2.29. The summed E-state index contributed by atoms with van der Waals surface area (Å²) in [4.78, 5) is 2.40. The van der Waals surface area contributed by atoms with Gasteiger partial charge in [-0.2, -0.15) is 0 Å². The van der Waals surface area contributed by atoms with Gasteiger partial charge in [-0.25, -0.2) is 0 Å². The summed E-state index contributed by atoms with van der Waals surface area (Å²) in [6, 6.07) is 33.1. The molecule has 0 amide bonds. The molecular formula is C36H35N. The predicted octanol–water partition coefficient (Wildman–Crippen LogP) is 9.00. The number of nitrogens with zero attached hydrogens (tertiary/aromatic N) is 1. The normalized spacial score (nSPS) is 21.3. The van der Waals surface area contributed by atoms with Crippen molar-refractivity contribution in [2.45, 2.75) is 44.9 Å². The van der Waals surface area contributed by atoms with Crippen molar-refractivity contribution in [3.63, 3.8) is 0 Å². The van der Waals surface area contributed by atoms with Gasteiger partial charge in [0.1, 0.15) is 0 Å². The SMILES string of the molecule is CC1=C(/C=C/C=C2/N(C)c3c(ccc4ccccc34)C2(C)C)C(C)(Cc2ccccc2)c2ccccc21. The van der Waals surface area contributed by atoms with Gasteiger partial charge in [0.05, 0.1) is 5.69 Å². The maximum atomic E-state index is 2.41. The Morgan fingerprint density at radius 3 is 2.27 bits per heavy atom. The smallest absolute Gasteiger partial charge is 0.0527 e. The number of hydrogen-bond acceptors (Lipinski definition) is 1. The van der Waals surface area contributed by atoms with Gasteiger partial charge < -0.3 is 4.90 Å². The van der Waals surface area contributed by atoms with Crippen LogP contribution in [0, 0.1) is 0 Å². The van der Waals surface area contributed by atoms with Gasteiger partial charge in [-0.15, -0.1) is 0 Å². The summed E-state index contributed by atoms with van der Waals surface area (Å²) in [5.41, 5.74) is 10.9. The maximum absolute atomic E-state index is 2.41. The van der Waals surface area contributed by atoms with Crippen molar-refractivity contribution in [3.8, 4) is 0 Å². The number of rotatable bonds is 4. The summed E-state index contributed by atoms with van der Waals surface area (Å²) < 4.78 is 0. The molecule has 0 aromatic heterocycles. The first-order valence-electron chi connectivity index (χ1n) is 13.3. The third kappa shape index (κ3) is 3.60. The summed E-state index contributed by atoms with van der Waals surface area (Å²) in [6.45, 7) is 9.39. The molecule has 2 aliphatic rings. The quantitative estimate of drug-likeness (QED) is 0.281. The number of allylic oxidation sites excluding steroid dienone is 6. The Bertz CT molecular complexity index is 1600. The summed E-state index contributed by atoms with van der Waals surface area (Å²) in [6.07, 6.45) is 7.98. The number of hydrogen-bond donors (Lipinski definition) is 0. The van der Waals surface area contributed by atoms with E-state index in [1.165, 1.54) is 55.6 Å². The third-order valence-electron chi connectivity index (χ3n) is 8.75. The monoisotopic (exact) mass is 481 g/mol. The van der Waals surface area contributed by atoms with Crippen LogP contribution in [0.25, 0.3) is 16.3 Å². The molecule has 0 saturated carbocycles. The molecule has 0 radical (unpaired) electrons. The van der Waals surface area contributed by atoms with Crippen LogP contribution in [-0.2, 0) is 17.3 Å². The number of fused-ring (bicyclic) bond motifs is 4. The highest BCUT2D eigenvalue weighted by molar-refractivity contribution is 5.99. The van der Waals surface area contributed by atoms with Gasteiger partial charge in [0.2, 0.25) is 0 Å². The zero-order valence-corrected chi connectivity index (χ0v) is 22.5. The lowest BCUT2D eigenvalue weighted by Crippen LogP contribution is -2.25. The summed E-state index contributed by atoms with van der Waals surface area (Å²) in [7, 11) is 2.22. The molecule has 37 heavy (non-hydrogen) atoms. The van der Waals surface area contributed by atoms with E-state index in [9.17, 15) is 0 Å². The van der Waals surface area contributed by atoms with E-state index in [-0.39, 0.29) is 10.8 Å². The molecule has 1 nitrogen and oxygen atoms in total. The number of benzene rings is 4. The van der Waals surface area contributed by atoms with E-state index in [2.05, 4.69) is 149 Å². The Kier molecular flexibility index (Phi) is 5.49. The van der Waals surface area contributed by atoms with Crippen LogP contribution in [-0.4, -0.2) is 7.05 Å². The second-order valence-electron chi connectivity index (χ2n) is 11.4. The zero-order chi connectivity index (χ0) is 25.8. The van der Waals surface area contributed by atoms with Crippen molar-refractivity contribution in [2.24, 2.45) is 0 Å². The average Bonchev–Trinajstić information content (AvgIpc) is 3.24. The summed E-state index contributed by atoms with van der Waals surface area (Å²) in [5, 5.41) is 2.62. The Labute approximate surface area is 221 Å². The lowest BCUT2D eigenvalue weighted by atomic mass is 9.74. The molecule has 4 aromatic rings. The van der Waals surface area contributed by atoms with Crippen molar-refractivity contribution >= 4 is 22.0 Å². The Morgan fingerprint density at radius 1 is 0.757 bits per heavy atom. The second-order valence-corrected chi connectivity index (χ2v) is 11.4. The third-order valence-corrected chi connectivity index (χ3v) is 8.75. The minimum absolute atomic E-state index is 0.0616. The van der Waals surface area contributed by atoms with Crippen LogP contribution in [0.4, 0.5) is 5.69 Å². The van der Waals surface area contributed by atoms with Crippen molar-refractivity contribution in [2.75, 3.05) is 11.9 Å². The average molecular weight is 482 g/mol. The van der Waals surface area contributed by atoms with Crippen LogP contribution in [0.5, 0.6) is 0 Å². The number of likely N-dealkylation sites (N-methyl/N-ethyl adjacent to an activating group) is 1. The van der Waals surface area contributed by atoms with Crippen molar-refractivity contribution < 1.29 is 0 Å². The van der Waals surface area contributed by atoms with Gasteiger partial charge in [-0.1, -0.05) is 124 Å². The fourth-order valence-corrected chi connectivity index (χ4v) is 6.85. The van der Waals surface area contributed by atoms with Crippen LogP contribution in [0.3, 0.4) is 0 Å². The molecular weight excluding hydrogens is 446 g/mol. The molecule has 1 heterocycles. The van der Waals surface area contributed by atoms with E-state index in [4.69, 9.17) is 0 Å². The minimum Gasteiger partial charge on any atom is -0.347 e. The van der Waals surface area contributed by atoms with Crippen molar-refractivity contribution in [1.29, 1.82) is 0 Å². The highest BCUT2D eigenvalue weighted by Crippen LogP contribution is 2.51. The highest BCUT2D eigenvalue weighted by atomic mass is 15.2. The Hall–Kier alpha value is -3.84. The molecule has 1 heteroatoms. The van der Waals surface area contributed by atoms with E-state index in [0.717, 1.165) is 6.42 Å². The molecule has 0 spiro atoms. The zero-order valence-electron chi connectivity index (χ0n) is 22.5. The largest absolute Gasteiger partial charge is 0.347 e. The van der Waals surface area contributed by atoms with Crippen LogP contribution in [0.2, 0.25) is 0 Å². The molecule has 0 saturated heterocycles. The van der Waals surface area contributed by atoms with E-state index >= 15 is 0 Å². The fourth-order valence-electron chi connectivity index (χ4n) is 6.85. The fraction of sp³-hybridized carbons (Fsp3) is 0.222. The van der Waals surface area contributed by atoms with Crippen molar-refractivity contribution in [1.82, 2.24) is 0 Å².